The molecule has 0 saturated carbocycles. The molecule has 0 aliphatic heterocycles. The Morgan fingerprint density at radius 2 is 1.67 bits per heavy atom. The molecule has 6 heteroatoms. The Labute approximate surface area is 162 Å². The molecule has 0 unspecified atom stereocenters. The Morgan fingerprint density at radius 3 is 2.41 bits per heavy atom. The van der Waals surface area contributed by atoms with E-state index in [1.54, 1.807) is 42.5 Å². The molecule has 0 radical (unpaired) electrons. The Morgan fingerprint density at radius 1 is 0.926 bits per heavy atom. The van der Waals surface area contributed by atoms with Gasteiger partial charge in [-0.25, -0.2) is 0 Å². The first kappa shape index (κ1) is 18.7. The monoisotopic (exact) mass is 380 g/mol. The second-order valence-electron chi connectivity index (χ2n) is 5.84. The summed E-state index contributed by atoms with van der Waals surface area (Å²) < 4.78 is 5.58. The van der Waals surface area contributed by atoms with Gasteiger partial charge in [0.1, 0.15) is 5.75 Å². The average Bonchev–Trinajstić information content (AvgIpc) is 3.22. The van der Waals surface area contributed by atoms with E-state index in [0.717, 1.165) is 6.42 Å². The molecule has 0 fully saturated rings. The van der Waals surface area contributed by atoms with Crippen molar-refractivity contribution in [3.8, 4) is 5.75 Å². The van der Waals surface area contributed by atoms with Gasteiger partial charge in [0.15, 0.2) is 0 Å². The van der Waals surface area contributed by atoms with Crippen LogP contribution in [0.15, 0.2) is 66.0 Å². The molecule has 0 bridgehead atoms. The molecule has 1 aromatic heterocycles. The SMILES string of the molecule is CCCOc1cccc(NC(=O)c2cccc(NC(=O)c3cccs3)c2)c1. The van der Waals surface area contributed by atoms with Crippen LogP contribution in [0.2, 0.25) is 0 Å². The van der Waals surface area contributed by atoms with E-state index in [0.29, 0.717) is 34.2 Å². The smallest absolute Gasteiger partial charge is 0.265 e. The highest BCUT2D eigenvalue weighted by Crippen LogP contribution is 2.20. The minimum atomic E-state index is -0.255. The van der Waals surface area contributed by atoms with Crippen LogP contribution in [-0.4, -0.2) is 18.4 Å². The fraction of sp³-hybridized carbons (Fsp3) is 0.143. The van der Waals surface area contributed by atoms with Crippen molar-refractivity contribution in [3.63, 3.8) is 0 Å². The molecule has 2 N–H and O–H groups in total. The lowest BCUT2D eigenvalue weighted by atomic mass is 10.1. The van der Waals surface area contributed by atoms with E-state index in [2.05, 4.69) is 10.6 Å². The number of nitrogens with one attached hydrogen (secondary N) is 2. The van der Waals surface area contributed by atoms with Gasteiger partial charge >= 0.3 is 0 Å². The Bertz CT molecular complexity index is 923. The molecular weight excluding hydrogens is 360 g/mol. The largest absolute Gasteiger partial charge is 0.494 e. The first-order valence-corrected chi connectivity index (χ1v) is 9.53. The van der Waals surface area contributed by atoms with E-state index in [9.17, 15) is 9.59 Å². The summed E-state index contributed by atoms with van der Waals surface area (Å²) in [6.45, 7) is 2.67. The predicted octanol–water partition coefficient (Wildman–Crippen LogP) is 5.04. The summed E-state index contributed by atoms with van der Waals surface area (Å²) in [6, 6.07) is 17.7. The van der Waals surface area contributed by atoms with E-state index in [1.165, 1.54) is 11.3 Å². The number of thiophene rings is 1. The van der Waals surface area contributed by atoms with E-state index in [-0.39, 0.29) is 11.8 Å². The molecule has 5 nitrogen and oxygen atoms in total. The van der Waals surface area contributed by atoms with Crippen molar-refractivity contribution in [2.75, 3.05) is 17.2 Å². The third kappa shape index (κ3) is 5.18. The number of hydrogen-bond donors (Lipinski definition) is 2. The first-order chi connectivity index (χ1) is 13.2. The van der Waals surface area contributed by atoms with Crippen LogP contribution in [0.4, 0.5) is 11.4 Å². The molecule has 27 heavy (non-hydrogen) atoms. The van der Waals surface area contributed by atoms with Crippen molar-refractivity contribution in [1.29, 1.82) is 0 Å². The van der Waals surface area contributed by atoms with Crippen LogP contribution < -0.4 is 15.4 Å². The van der Waals surface area contributed by atoms with Crippen LogP contribution in [0.1, 0.15) is 33.4 Å². The van der Waals surface area contributed by atoms with Crippen LogP contribution in [0.25, 0.3) is 0 Å². The minimum Gasteiger partial charge on any atom is -0.494 e. The Kier molecular flexibility index (Phi) is 6.22. The minimum absolute atomic E-state index is 0.191. The maximum Gasteiger partial charge on any atom is 0.265 e. The molecule has 1 heterocycles. The van der Waals surface area contributed by atoms with Crippen molar-refractivity contribution in [1.82, 2.24) is 0 Å². The van der Waals surface area contributed by atoms with Crippen LogP contribution in [0.3, 0.4) is 0 Å². The molecule has 3 rings (SSSR count). The van der Waals surface area contributed by atoms with Gasteiger partial charge in [-0.3, -0.25) is 9.59 Å². The number of carbonyl (C=O) groups is 2. The molecule has 2 amide bonds. The van der Waals surface area contributed by atoms with Crippen molar-refractivity contribution in [3.05, 3.63) is 76.5 Å². The molecular formula is C21H20N2O3S. The van der Waals surface area contributed by atoms with E-state index < -0.39 is 0 Å². The number of rotatable bonds is 7. The van der Waals surface area contributed by atoms with Crippen molar-refractivity contribution < 1.29 is 14.3 Å². The number of ether oxygens (including phenoxy) is 1. The zero-order valence-electron chi connectivity index (χ0n) is 14.9. The molecule has 3 aromatic rings. The van der Waals surface area contributed by atoms with Gasteiger partial charge in [-0.2, -0.15) is 0 Å². The topological polar surface area (TPSA) is 67.4 Å². The van der Waals surface area contributed by atoms with Gasteiger partial charge in [0, 0.05) is 23.0 Å². The lowest BCUT2D eigenvalue weighted by Crippen LogP contribution is -2.14. The molecule has 0 atom stereocenters. The van der Waals surface area contributed by atoms with Crippen molar-refractivity contribution in [2.45, 2.75) is 13.3 Å². The zero-order chi connectivity index (χ0) is 19.1. The molecule has 2 aromatic carbocycles. The highest BCUT2D eigenvalue weighted by molar-refractivity contribution is 7.12. The molecule has 0 aliphatic rings. The second kappa shape index (κ2) is 9.00. The van der Waals surface area contributed by atoms with Gasteiger partial charge in [-0.15, -0.1) is 11.3 Å². The molecule has 0 saturated heterocycles. The zero-order valence-corrected chi connectivity index (χ0v) is 15.7. The average molecular weight is 380 g/mol. The maximum atomic E-state index is 12.5. The Balaban J connectivity index is 1.67. The van der Waals surface area contributed by atoms with Crippen molar-refractivity contribution in [2.24, 2.45) is 0 Å². The summed E-state index contributed by atoms with van der Waals surface area (Å²) in [5.41, 5.74) is 1.68. The fourth-order valence-electron chi connectivity index (χ4n) is 2.43. The maximum absolute atomic E-state index is 12.5. The summed E-state index contributed by atoms with van der Waals surface area (Å²) >= 11 is 1.37. The van der Waals surface area contributed by atoms with Crippen molar-refractivity contribution >= 4 is 34.5 Å². The van der Waals surface area contributed by atoms with Gasteiger partial charge in [0.2, 0.25) is 0 Å². The van der Waals surface area contributed by atoms with E-state index in [1.807, 2.05) is 30.5 Å². The van der Waals surface area contributed by atoms with E-state index in [4.69, 9.17) is 4.74 Å². The molecule has 0 aliphatic carbocycles. The van der Waals surface area contributed by atoms with Gasteiger partial charge in [-0.1, -0.05) is 25.1 Å². The number of hydrogen-bond acceptors (Lipinski definition) is 4. The highest BCUT2D eigenvalue weighted by atomic mass is 32.1. The summed E-state index contributed by atoms with van der Waals surface area (Å²) in [4.78, 5) is 25.3. The van der Waals surface area contributed by atoms with E-state index >= 15 is 0 Å². The van der Waals surface area contributed by atoms with Crippen LogP contribution >= 0.6 is 11.3 Å². The van der Waals surface area contributed by atoms with Crippen LogP contribution in [-0.2, 0) is 0 Å². The number of anilines is 2. The number of benzene rings is 2. The lowest BCUT2D eigenvalue weighted by molar-refractivity contribution is 0.101. The highest BCUT2D eigenvalue weighted by Gasteiger charge is 2.10. The van der Waals surface area contributed by atoms with Crippen LogP contribution in [0, 0.1) is 0 Å². The van der Waals surface area contributed by atoms with Gasteiger partial charge in [0.05, 0.1) is 11.5 Å². The fourth-order valence-corrected chi connectivity index (χ4v) is 3.04. The molecule has 0 spiro atoms. The summed E-state index contributed by atoms with van der Waals surface area (Å²) in [7, 11) is 0. The summed E-state index contributed by atoms with van der Waals surface area (Å²) in [6.07, 6.45) is 0.917. The van der Waals surface area contributed by atoms with Crippen LogP contribution in [0.5, 0.6) is 5.75 Å². The normalized spacial score (nSPS) is 10.3. The first-order valence-electron chi connectivity index (χ1n) is 8.65. The quantitative estimate of drug-likeness (QED) is 0.603. The van der Waals surface area contributed by atoms with Gasteiger partial charge in [-0.05, 0) is 48.2 Å². The standard InChI is InChI=1S/C21H20N2O3S/c1-2-11-26-18-9-4-8-17(14-18)22-20(24)15-6-3-7-16(13-15)23-21(25)19-10-5-12-27-19/h3-10,12-14H,2,11H2,1H3,(H,22,24)(H,23,25). The summed E-state index contributed by atoms with van der Waals surface area (Å²) in [5.74, 6) is 0.268. The van der Waals surface area contributed by atoms with Gasteiger partial charge < -0.3 is 15.4 Å². The third-order valence-electron chi connectivity index (χ3n) is 3.69. The predicted molar refractivity (Wildman–Crippen MR) is 109 cm³/mol. The third-order valence-corrected chi connectivity index (χ3v) is 4.56. The Hall–Kier alpha value is -3.12. The lowest BCUT2D eigenvalue weighted by Gasteiger charge is -2.10. The second-order valence-corrected chi connectivity index (χ2v) is 6.79. The number of amides is 2. The number of carbonyl (C=O) groups excluding carboxylic acids is 2. The molecule has 138 valence electrons. The summed E-state index contributed by atoms with van der Waals surface area (Å²) in [5, 5.41) is 7.51. The van der Waals surface area contributed by atoms with Gasteiger partial charge in [0.25, 0.3) is 11.8 Å².